The highest BCUT2D eigenvalue weighted by Gasteiger charge is 2.57. The molecule has 0 bridgehead atoms. The molecule has 3 fully saturated rings. The maximum Gasteiger partial charge on any atom is 0.0684 e. The van der Waals surface area contributed by atoms with Gasteiger partial charge in [0.2, 0.25) is 0 Å². The smallest absolute Gasteiger partial charge is 0.0684 e. The Morgan fingerprint density at radius 3 is 2.40 bits per heavy atom. The summed E-state index contributed by atoms with van der Waals surface area (Å²) in [5.41, 5.74) is 0.141. The zero-order chi connectivity index (χ0) is 14.3. The molecule has 5 unspecified atom stereocenters. The Morgan fingerprint density at radius 2 is 1.80 bits per heavy atom. The average Bonchev–Trinajstić information content (AvgIpc) is 2.90. The third kappa shape index (κ3) is 2.43. The van der Waals surface area contributed by atoms with E-state index in [4.69, 9.17) is 4.74 Å². The molecular weight excluding hydrogens is 248 g/mol. The van der Waals surface area contributed by atoms with Crippen molar-refractivity contribution in [3.8, 4) is 0 Å². The molecule has 116 valence electrons. The van der Waals surface area contributed by atoms with Crippen LogP contribution in [0.4, 0.5) is 0 Å². The summed E-state index contributed by atoms with van der Waals surface area (Å²) in [4.78, 5) is 0. The largest absolute Gasteiger partial charge is 0.392 e. The summed E-state index contributed by atoms with van der Waals surface area (Å²) in [5, 5.41) is 10.2. The summed E-state index contributed by atoms with van der Waals surface area (Å²) in [6.45, 7) is 7.06. The molecular formula is C18H32O2. The lowest BCUT2D eigenvalue weighted by atomic mass is 9.62. The van der Waals surface area contributed by atoms with Crippen LogP contribution in [0.5, 0.6) is 0 Å². The topological polar surface area (TPSA) is 29.5 Å². The maximum absolute atomic E-state index is 10.2. The molecule has 1 spiro atoms. The first kappa shape index (κ1) is 14.8. The van der Waals surface area contributed by atoms with Crippen LogP contribution in [0, 0.1) is 23.2 Å². The molecule has 0 aromatic carbocycles. The van der Waals surface area contributed by atoms with Crippen molar-refractivity contribution < 1.29 is 9.84 Å². The van der Waals surface area contributed by atoms with Crippen LogP contribution in [0.25, 0.3) is 0 Å². The second-order valence-corrected chi connectivity index (χ2v) is 8.18. The van der Waals surface area contributed by atoms with Crippen molar-refractivity contribution in [3.63, 3.8) is 0 Å². The lowest BCUT2D eigenvalue weighted by molar-refractivity contribution is -0.223. The standard InChI is InChI=1S/C18H32O2/c1-12(2)14-7-6-13(3)10-15(14)20-17-11-16(19)18(17)8-4-5-9-18/h12-17,19H,4-11H2,1-3H3. The van der Waals surface area contributed by atoms with Crippen molar-refractivity contribution in [2.45, 2.75) is 90.4 Å². The fourth-order valence-electron chi connectivity index (χ4n) is 5.09. The SMILES string of the molecule is CC1CCC(C(C)C)C(OC2CC(O)C23CCCC3)C1. The van der Waals surface area contributed by atoms with E-state index >= 15 is 0 Å². The van der Waals surface area contributed by atoms with Crippen LogP contribution in [0.1, 0.15) is 72.1 Å². The molecule has 5 atom stereocenters. The Kier molecular flexibility index (Phi) is 4.16. The molecule has 0 aliphatic heterocycles. The summed E-state index contributed by atoms with van der Waals surface area (Å²) in [6.07, 6.45) is 10.4. The minimum atomic E-state index is -0.0893. The van der Waals surface area contributed by atoms with Crippen molar-refractivity contribution >= 4 is 0 Å². The van der Waals surface area contributed by atoms with Crippen LogP contribution in [0.2, 0.25) is 0 Å². The second kappa shape index (κ2) is 5.61. The summed E-state index contributed by atoms with van der Waals surface area (Å²) in [7, 11) is 0. The summed E-state index contributed by atoms with van der Waals surface area (Å²) < 4.78 is 6.62. The fraction of sp³-hybridized carbons (Fsp3) is 1.00. The van der Waals surface area contributed by atoms with E-state index < -0.39 is 0 Å². The second-order valence-electron chi connectivity index (χ2n) is 8.18. The minimum absolute atomic E-state index is 0.0893. The van der Waals surface area contributed by atoms with Gasteiger partial charge in [-0.05, 0) is 43.4 Å². The summed E-state index contributed by atoms with van der Waals surface area (Å²) >= 11 is 0. The third-order valence-electron chi connectivity index (χ3n) is 6.58. The van der Waals surface area contributed by atoms with Gasteiger partial charge in [-0.3, -0.25) is 0 Å². The van der Waals surface area contributed by atoms with Crippen molar-refractivity contribution in [2.24, 2.45) is 23.2 Å². The normalized spacial score (nSPS) is 44.0. The molecule has 0 heterocycles. The molecule has 0 aromatic rings. The first-order valence-corrected chi connectivity index (χ1v) is 8.86. The van der Waals surface area contributed by atoms with Crippen molar-refractivity contribution in [2.75, 3.05) is 0 Å². The Hall–Kier alpha value is -0.0800. The van der Waals surface area contributed by atoms with E-state index in [1.165, 1.54) is 44.9 Å². The molecule has 0 amide bonds. The van der Waals surface area contributed by atoms with Gasteiger partial charge in [0, 0.05) is 11.8 Å². The van der Waals surface area contributed by atoms with E-state index in [1.807, 2.05) is 0 Å². The lowest BCUT2D eigenvalue weighted by Gasteiger charge is -2.53. The molecule has 2 nitrogen and oxygen atoms in total. The van der Waals surface area contributed by atoms with Gasteiger partial charge in [0.25, 0.3) is 0 Å². The van der Waals surface area contributed by atoms with Crippen LogP contribution in [-0.2, 0) is 4.74 Å². The summed E-state index contributed by atoms with van der Waals surface area (Å²) in [5.74, 6) is 2.25. The van der Waals surface area contributed by atoms with Crippen molar-refractivity contribution in [1.29, 1.82) is 0 Å². The van der Waals surface area contributed by atoms with E-state index in [2.05, 4.69) is 20.8 Å². The van der Waals surface area contributed by atoms with Crippen LogP contribution < -0.4 is 0 Å². The van der Waals surface area contributed by atoms with Gasteiger partial charge in [-0.1, -0.05) is 40.0 Å². The van der Waals surface area contributed by atoms with Crippen LogP contribution >= 0.6 is 0 Å². The molecule has 3 aliphatic carbocycles. The first-order valence-electron chi connectivity index (χ1n) is 8.86. The Labute approximate surface area is 124 Å². The van der Waals surface area contributed by atoms with Gasteiger partial charge in [-0.15, -0.1) is 0 Å². The number of hydrogen-bond donors (Lipinski definition) is 1. The zero-order valence-corrected chi connectivity index (χ0v) is 13.5. The number of rotatable bonds is 3. The number of aliphatic hydroxyl groups excluding tert-OH is 1. The van der Waals surface area contributed by atoms with E-state index in [9.17, 15) is 5.11 Å². The average molecular weight is 280 g/mol. The lowest BCUT2D eigenvalue weighted by Crippen LogP contribution is -2.58. The van der Waals surface area contributed by atoms with Crippen molar-refractivity contribution in [3.05, 3.63) is 0 Å². The van der Waals surface area contributed by atoms with Crippen LogP contribution in [-0.4, -0.2) is 23.4 Å². The van der Waals surface area contributed by atoms with E-state index in [0.717, 1.165) is 24.2 Å². The molecule has 0 saturated heterocycles. The Morgan fingerprint density at radius 1 is 1.10 bits per heavy atom. The number of hydrogen-bond acceptors (Lipinski definition) is 2. The highest BCUT2D eigenvalue weighted by Crippen LogP contribution is 2.55. The van der Waals surface area contributed by atoms with Gasteiger partial charge < -0.3 is 9.84 Å². The van der Waals surface area contributed by atoms with Crippen molar-refractivity contribution in [1.82, 2.24) is 0 Å². The molecule has 2 heteroatoms. The van der Waals surface area contributed by atoms with E-state index in [1.54, 1.807) is 0 Å². The Balaban J connectivity index is 1.66. The monoisotopic (exact) mass is 280 g/mol. The number of aliphatic hydroxyl groups is 1. The molecule has 20 heavy (non-hydrogen) atoms. The van der Waals surface area contributed by atoms with E-state index in [-0.39, 0.29) is 11.5 Å². The van der Waals surface area contributed by atoms with Gasteiger partial charge in [0.1, 0.15) is 0 Å². The van der Waals surface area contributed by atoms with Gasteiger partial charge >= 0.3 is 0 Å². The maximum atomic E-state index is 10.2. The molecule has 0 radical (unpaired) electrons. The third-order valence-corrected chi connectivity index (χ3v) is 6.58. The fourth-order valence-corrected chi connectivity index (χ4v) is 5.09. The van der Waals surface area contributed by atoms with Gasteiger partial charge in [-0.25, -0.2) is 0 Å². The molecule has 3 rings (SSSR count). The molecule has 3 saturated carbocycles. The quantitative estimate of drug-likeness (QED) is 0.841. The zero-order valence-electron chi connectivity index (χ0n) is 13.5. The van der Waals surface area contributed by atoms with Crippen LogP contribution in [0.3, 0.4) is 0 Å². The van der Waals surface area contributed by atoms with Gasteiger partial charge in [0.15, 0.2) is 0 Å². The minimum Gasteiger partial charge on any atom is -0.392 e. The van der Waals surface area contributed by atoms with E-state index in [0.29, 0.717) is 12.2 Å². The molecule has 0 aromatic heterocycles. The summed E-state index contributed by atoms with van der Waals surface area (Å²) in [6, 6.07) is 0. The van der Waals surface area contributed by atoms with Gasteiger partial charge in [0.05, 0.1) is 18.3 Å². The predicted molar refractivity (Wildman–Crippen MR) is 81.5 cm³/mol. The predicted octanol–water partition coefficient (Wildman–Crippen LogP) is 4.16. The highest BCUT2D eigenvalue weighted by molar-refractivity contribution is 5.07. The Bertz CT molecular complexity index is 332. The van der Waals surface area contributed by atoms with Crippen LogP contribution in [0.15, 0.2) is 0 Å². The highest BCUT2D eigenvalue weighted by atomic mass is 16.5. The number of ether oxygens (including phenoxy) is 1. The molecule has 1 N–H and O–H groups in total. The first-order chi connectivity index (χ1) is 9.53. The van der Waals surface area contributed by atoms with Gasteiger partial charge in [-0.2, -0.15) is 0 Å². The molecule has 3 aliphatic rings.